The van der Waals surface area contributed by atoms with Crippen molar-refractivity contribution in [1.29, 1.82) is 0 Å². The molecule has 0 aliphatic rings. The van der Waals surface area contributed by atoms with E-state index < -0.39 is 0 Å². The lowest BCUT2D eigenvalue weighted by Gasteiger charge is -1.93. The summed E-state index contributed by atoms with van der Waals surface area (Å²) in [4.78, 5) is 3.93. The van der Waals surface area contributed by atoms with Crippen molar-refractivity contribution >= 4 is 33.6 Å². The van der Waals surface area contributed by atoms with E-state index in [2.05, 4.69) is 20.9 Å². The number of allylic oxidation sites excluding steroid dienone is 1. The van der Waals surface area contributed by atoms with Crippen molar-refractivity contribution < 1.29 is 0 Å². The molecule has 0 unspecified atom stereocenters. The Kier molecular flexibility index (Phi) is 3.60. The number of rotatable bonds is 2. The maximum Gasteiger partial charge on any atom is 0.136 e. The Labute approximate surface area is 79.2 Å². The van der Waals surface area contributed by atoms with Crippen LogP contribution in [-0.4, -0.2) is 10.3 Å². The van der Waals surface area contributed by atoms with Gasteiger partial charge in [0.1, 0.15) is 5.15 Å². The van der Waals surface area contributed by atoms with Gasteiger partial charge in [-0.3, -0.25) is 0 Å². The maximum absolute atomic E-state index is 5.78. The molecule has 0 aliphatic heterocycles. The van der Waals surface area contributed by atoms with Crippen molar-refractivity contribution in [3.8, 4) is 0 Å². The molecule has 1 heterocycles. The SMILES string of the molecule is Clc1ncccc1C=CCBr. The fourth-order valence-electron chi connectivity index (χ4n) is 0.694. The minimum Gasteiger partial charge on any atom is -0.244 e. The summed E-state index contributed by atoms with van der Waals surface area (Å²) < 4.78 is 0. The second kappa shape index (κ2) is 4.52. The van der Waals surface area contributed by atoms with Gasteiger partial charge in [0.15, 0.2) is 0 Å². The number of nitrogens with zero attached hydrogens (tertiary/aromatic N) is 1. The molecule has 3 heteroatoms. The van der Waals surface area contributed by atoms with Crippen molar-refractivity contribution in [1.82, 2.24) is 4.98 Å². The molecular weight excluding hydrogens is 225 g/mol. The molecular formula is C8H7BrClN. The van der Waals surface area contributed by atoms with Gasteiger partial charge in [-0.05, 0) is 6.07 Å². The molecule has 0 spiro atoms. The molecule has 58 valence electrons. The highest BCUT2D eigenvalue weighted by atomic mass is 79.9. The standard InChI is InChI=1S/C8H7BrClN/c9-5-1-3-7-4-2-6-11-8(7)10/h1-4,6H,5H2. The zero-order valence-corrected chi connectivity index (χ0v) is 8.14. The molecule has 1 nitrogen and oxygen atoms in total. The number of hydrogen-bond donors (Lipinski definition) is 0. The van der Waals surface area contributed by atoms with Gasteiger partial charge >= 0.3 is 0 Å². The van der Waals surface area contributed by atoms with Gasteiger partial charge in [0, 0.05) is 17.1 Å². The first-order valence-electron chi connectivity index (χ1n) is 3.17. The van der Waals surface area contributed by atoms with Crippen LogP contribution >= 0.6 is 27.5 Å². The van der Waals surface area contributed by atoms with Gasteiger partial charge < -0.3 is 0 Å². The minimum absolute atomic E-state index is 0.546. The van der Waals surface area contributed by atoms with E-state index >= 15 is 0 Å². The Bertz CT molecular complexity index is 260. The first-order valence-corrected chi connectivity index (χ1v) is 4.67. The molecule has 0 saturated heterocycles. The highest BCUT2D eigenvalue weighted by molar-refractivity contribution is 9.09. The van der Waals surface area contributed by atoms with Crippen molar-refractivity contribution in [3.05, 3.63) is 35.1 Å². The summed E-state index contributed by atoms with van der Waals surface area (Å²) in [6, 6.07) is 3.79. The lowest BCUT2D eigenvalue weighted by molar-refractivity contribution is 1.32. The molecule has 0 fully saturated rings. The average Bonchev–Trinajstić information content (AvgIpc) is 2.03. The van der Waals surface area contributed by atoms with Gasteiger partial charge in [-0.1, -0.05) is 45.7 Å². The molecule has 1 aromatic rings. The quantitative estimate of drug-likeness (QED) is 0.564. The lowest BCUT2D eigenvalue weighted by atomic mass is 10.3. The molecule has 11 heavy (non-hydrogen) atoms. The summed E-state index contributed by atoms with van der Waals surface area (Å²) in [6.07, 6.45) is 5.58. The summed E-state index contributed by atoms with van der Waals surface area (Å²) in [5.74, 6) is 0. The zero-order valence-electron chi connectivity index (χ0n) is 5.80. The zero-order chi connectivity index (χ0) is 8.10. The van der Waals surface area contributed by atoms with E-state index in [1.54, 1.807) is 6.20 Å². The molecule has 0 radical (unpaired) electrons. The smallest absolute Gasteiger partial charge is 0.136 e. The van der Waals surface area contributed by atoms with Gasteiger partial charge in [-0.15, -0.1) is 0 Å². The number of aromatic nitrogens is 1. The van der Waals surface area contributed by atoms with Crippen LogP contribution < -0.4 is 0 Å². The fourth-order valence-corrected chi connectivity index (χ4v) is 1.06. The Morgan fingerprint density at radius 1 is 1.64 bits per heavy atom. The Balaban J connectivity index is 2.86. The highest BCUT2D eigenvalue weighted by Gasteiger charge is 1.92. The fraction of sp³-hybridized carbons (Fsp3) is 0.125. The van der Waals surface area contributed by atoms with Gasteiger partial charge in [0.2, 0.25) is 0 Å². The molecule has 1 aromatic heterocycles. The second-order valence-corrected chi connectivity index (χ2v) is 2.95. The summed E-state index contributed by atoms with van der Waals surface area (Å²) in [5, 5.41) is 1.38. The van der Waals surface area contributed by atoms with Crippen molar-refractivity contribution in [3.63, 3.8) is 0 Å². The van der Waals surface area contributed by atoms with E-state index in [0.717, 1.165) is 10.9 Å². The van der Waals surface area contributed by atoms with E-state index in [1.165, 1.54) is 0 Å². The van der Waals surface area contributed by atoms with E-state index in [9.17, 15) is 0 Å². The number of hydrogen-bond acceptors (Lipinski definition) is 1. The van der Waals surface area contributed by atoms with Crippen LogP contribution in [0, 0.1) is 0 Å². The van der Waals surface area contributed by atoms with Crippen LogP contribution in [0.25, 0.3) is 6.08 Å². The van der Waals surface area contributed by atoms with E-state index in [0.29, 0.717) is 5.15 Å². The first kappa shape index (κ1) is 8.75. The van der Waals surface area contributed by atoms with Crippen molar-refractivity contribution in [2.75, 3.05) is 5.33 Å². The second-order valence-electron chi connectivity index (χ2n) is 1.94. The molecule has 0 bridgehead atoms. The first-order chi connectivity index (χ1) is 5.34. The monoisotopic (exact) mass is 231 g/mol. The van der Waals surface area contributed by atoms with E-state index in [-0.39, 0.29) is 0 Å². The van der Waals surface area contributed by atoms with Gasteiger partial charge in [0.25, 0.3) is 0 Å². The molecule has 0 aromatic carbocycles. The van der Waals surface area contributed by atoms with Crippen LogP contribution in [-0.2, 0) is 0 Å². The van der Waals surface area contributed by atoms with Crippen LogP contribution in [0.5, 0.6) is 0 Å². The van der Waals surface area contributed by atoms with Gasteiger partial charge in [0.05, 0.1) is 0 Å². The third-order valence-corrected chi connectivity index (χ3v) is 1.86. The largest absolute Gasteiger partial charge is 0.244 e. The van der Waals surface area contributed by atoms with Gasteiger partial charge in [-0.25, -0.2) is 4.98 Å². The topological polar surface area (TPSA) is 12.9 Å². The summed E-state index contributed by atoms with van der Waals surface area (Å²) >= 11 is 9.06. The number of halogens is 2. The van der Waals surface area contributed by atoms with Gasteiger partial charge in [-0.2, -0.15) is 0 Å². The van der Waals surface area contributed by atoms with Crippen LogP contribution in [0.1, 0.15) is 5.56 Å². The normalized spacial score (nSPS) is 10.7. The number of alkyl halides is 1. The van der Waals surface area contributed by atoms with Crippen LogP contribution in [0.4, 0.5) is 0 Å². The molecule has 1 rings (SSSR count). The summed E-state index contributed by atoms with van der Waals surface area (Å²) in [5.41, 5.74) is 0.952. The minimum atomic E-state index is 0.546. The molecule has 0 saturated carbocycles. The Hall–Kier alpha value is -0.340. The predicted octanol–water partition coefficient (Wildman–Crippen LogP) is 3.14. The maximum atomic E-state index is 5.78. The third kappa shape index (κ3) is 2.64. The Morgan fingerprint density at radius 3 is 3.09 bits per heavy atom. The average molecular weight is 233 g/mol. The van der Waals surface area contributed by atoms with Crippen molar-refractivity contribution in [2.45, 2.75) is 0 Å². The lowest BCUT2D eigenvalue weighted by Crippen LogP contribution is -1.78. The highest BCUT2D eigenvalue weighted by Crippen LogP contribution is 2.12. The third-order valence-electron chi connectivity index (χ3n) is 1.17. The van der Waals surface area contributed by atoms with Crippen LogP contribution in [0.3, 0.4) is 0 Å². The molecule has 0 amide bonds. The predicted molar refractivity (Wildman–Crippen MR) is 52.1 cm³/mol. The summed E-state index contributed by atoms with van der Waals surface area (Å²) in [7, 11) is 0. The van der Waals surface area contributed by atoms with Crippen molar-refractivity contribution in [2.24, 2.45) is 0 Å². The Morgan fingerprint density at radius 2 is 2.45 bits per heavy atom. The van der Waals surface area contributed by atoms with E-state index in [1.807, 2.05) is 24.3 Å². The molecule has 0 N–H and O–H groups in total. The summed E-state index contributed by atoms with van der Waals surface area (Å²) in [6.45, 7) is 0. The number of pyridine rings is 1. The van der Waals surface area contributed by atoms with Crippen LogP contribution in [0.15, 0.2) is 24.4 Å². The van der Waals surface area contributed by atoms with Crippen LogP contribution in [0.2, 0.25) is 5.15 Å². The van der Waals surface area contributed by atoms with E-state index in [4.69, 9.17) is 11.6 Å². The molecule has 0 aliphatic carbocycles. The molecule has 0 atom stereocenters.